The Morgan fingerprint density at radius 3 is 2.65 bits per heavy atom. The van der Waals surface area contributed by atoms with Crippen molar-refractivity contribution in [3.63, 3.8) is 0 Å². The van der Waals surface area contributed by atoms with Gasteiger partial charge in [0, 0.05) is 13.1 Å². The lowest BCUT2D eigenvalue weighted by Crippen LogP contribution is -2.32. The zero-order valence-corrected chi connectivity index (χ0v) is 12.8. The van der Waals surface area contributed by atoms with E-state index in [9.17, 15) is 8.42 Å². The van der Waals surface area contributed by atoms with Crippen LogP contribution in [0.1, 0.15) is 24.8 Å². The molecule has 1 aliphatic carbocycles. The molecule has 1 fully saturated rings. The molecule has 0 radical (unpaired) electrons. The van der Waals surface area contributed by atoms with Crippen molar-refractivity contribution in [3.05, 3.63) is 23.8 Å². The molecular formula is C14H22N2O3S. The topological polar surface area (TPSA) is 67.4 Å². The van der Waals surface area contributed by atoms with Crippen molar-refractivity contribution in [3.8, 4) is 5.75 Å². The van der Waals surface area contributed by atoms with Crippen LogP contribution in [0, 0.1) is 5.92 Å². The number of ether oxygens (including phenoxy) is 1. The first-order valence-corrected chi connectivity index (χ1v) is 8.36. The van der Waals surface area contributed by atoms with Gasteiger partial charge in [-0.1, -0.05) is 12.5 Å². The van der Waals surface area contributed by atoms with E-state index < -0.39 is 10.0 Å². The van der Waals surface area contributed by atoms with Crippen molar-refractivity contribution in [2.45, 2.75) is 30.7 Å². The number of hydrogen-bond donors (Lipinski definition) is 2. The average Bonchev–Trinajstić information content (AvgIpc) is 2.36. The maximum Gasteiger partial charge on any atom is 0.244 e. The van der Waals surface area contributed by atoms with E-state index in [1.54, 1.807) is 18.2 Å². The molecule has 5 nitrogen and oxygen atoms in total. The average molecular weight is 298 g/mol. The highest BCUT2D eigenvalue weighted by atomic mass is 32.2. The van der Waals surface area contributed by atoms with Gasteiger partial charge in [-0.2, -0.15) is 0 Å². The minimum absolute atomic E-state index is 0.208. The summed E-state index contributed by atoms with van der Waals surface area (Å²) < 4.78 is 32.5. The predicted molar refractivity (Wildman–Crippen MR) is 78.3 cm³/mol. The van der Waals surface area contributed by atoms with Gasteiger partial charge in [0.2, 0.25) is 10.0 Å². The number of nitrogens with one attached hydrogen (secondary N) is 2. The molecule has 112 valence electrons. The minimum Gasteiger partial charge on any atom is -0.495 e. The molecule has 0 spiro atoms. The van der Waals surface area contributed by atoms with Gasteiger partial charge in [0.1, 0.15) is 10.6 Å². The number of methoxy groups -OCH3 is 1. The quantitative estimate of drug-likeness (QED) is 0.800. The van der Waals surface area contributed by atoms with Gasteiger partial charge in [0.05, 0.1) is 7.11 Å². The third-order valence-electron chi connectivity index (χ3n) is 3.69. The fourth-order valence-corrected chi connectivity index (χ4v) is 3.52. The second-order valence-electron chi connectivity index (χ2n) is 5.16. The summed E-state index contributed by atoms with van der Waals surface area (Å²) >= 11 is 0. The van der Waals surface area contributed by atoms with E-state index in [0.29, 0.717) is 24.8 Å². The first-order valence-electron chi connectivity index (χ1n) is 6.88. The Kier molecular flexibility index (Phi) is 5.01. The van der Waals surface area contributed by atoms with Crippen molar-refractivity contribution in [1.29, 1.82) is 0 Å². The van der Waals surface area contributed by atoms with Crippen molar-refractivity contribution >= 4 is 10.0 Å². The normalized spacial score (nSPS) is 15.9. The van der Waals surface area contributed by atoms with Crippen LogP contribution in [0.2, 0.25) is 0 Å². The molecule has 6 heteroatoms. The van der Waals surface area contributed by atoms with Gasteiger partial charge in [0.15, 0.2) is 0 Å². The highest BCUT2D eigenvalue weighted by molar-refractivity contribution is 7.89. The third kappa shape index (κ3) is 3.50. The van der Waals surface area contributed by atoms with Gasteiger partial charge in [-0.15, -0.1) is 0 Å². The molecule has 0 atom stereocenters. The molecule has 1 saturated carbocycles. The highest BCUT2D eigenvalue weighted by Crippen LogP contribution is 2.28. The Hall–Kier alpha value is -1.11. The van der Waals surface area contributed by atoms with Crippen LogP contribution in [0.5, 0.6) is 5.75 Å². The van der Waals surface area contributed by atoms with Gasteiger partial charge >= 0.3 is 0 Å². The van der Waals surface area contributed by atoms with E-state index in [4.69, 9.17) is 4.74 Å². The van der Waals surface area contributed by atoms with Crippen molar-refractivity contribution < 1.29 is 13.2 Å². The molecule has 0 unspecified atom stereocenters. The summed E-state index contributed by atoms with van der Waals surface area (Å²) in [4.78, 5) is 0.208. The molecule has 0 amide bonds. The number of benzene rings is 1. The van der Waals surface area contributed by atoms with Crippen LogP contribution in [0.25, 0.3) is 0 Å². The third-order valence-corrected chi connectivity index (χ3v) is 5.15. The second kappa shape index (κ2) is 6.56. The minimum atomic E-state index is -3.50. The summed E-state index contributed by atoms with van der Waals surface area (Å²) in [6.45, 7) is 1.19. The van der Waals surface area contributed by atoms with Crippen LogP contribution in [0.4, 0.5) is 0 Å². The Morgan fingerprint density at radius 2 is 2.10 bits per heavy atom. The Labute approximate surface area is 120 Å². The van der Waals surface area contributed by atoms with E-state index in [-0.39, 0.29) is 4.90 Å². The van der Waals surface area contributed by atoms with Crippen molar-refractivity contribution in [2.75, 3.05) is 20.7 Å². The summed E-state index contributed by atoms with van der Waals surface area (Å²) in [5, 5.41) is 3.03. The fourth-order valence-electron chi connectivity index (χ4n) is 2.25. The predicted octanol–water partition coefficient (Wildman–Crippen LogP) is 1.49. The van der Waals surface area contributed by atoms with Gasteiger partial charge in [-0.05, 0) is 43.5 Å². The molecule has 0 aromatic heterocycles. The van der Waals surface area contributed by atoms with Crippen LogP contribution in [-0.2, 0) is 16.6 Å². The van der Waals surface area contributed by atoms with Crippen LogP contribution >= 0.6 is 0 Å². The first-order chi connectivity index (χ1) is 9.56. The molecule has 0 aliphatic heterocycles. The zero-order valence-electron chi connectivity index (χ0n) is 12.0. The van der Waals surface area contributed by atoms with Crippen LogP contribution in [-0.4, -0.2) is 29.1 Å². The lowest BCUT2D eigenvalue weighted by Gasteiger charge is -2.25. The lowest BCUT2D eigenvalue weighted by molar-refractivity contribution is 0.316. The van der Waals surface area contributed by atoms with E-state index in [1.165, 1.54) is 13.5 Å². The van der Waals surface area contributed by atoms with E-state index in [0.717, 1.165) is 18.4 Å². The summed E-state index contributed by atoms with van der Waals surface area (Å²) in [6, 6.07) is 5.17. The second-order valence-corrected chi connectivity index (χ2v) is 6.90. The van der Waals surface area contributed by atoms with Gasteiger partial charge in [-0.3, -0.25) is 0 Å². The van der Waals surface area contributed by atoms with Crippen LogP contribution < -0.4 is 14.8 Å². The highest BCUT2D eigenvalue weighted by Gasteiger charge is 2.23. The maximum absolute atomic E-state index is 12.3. The number of sulfonamides is 1. The molecule has 0 heterocycles. The first kappa shape index (κ1) is 15.3. The molecule has 20 heavy (non-hydrogen) atoms. The Bertz CT molecular complexity index is 554. The zero-order chi connectivity index (χ0) is 14.6. The van der Waals surface area contributed by atoms with Gasteiger partial charge in [-0.25, -0.2) is 13.1 Å². The number of rotatable bonds is 7. The van der Waals surface area contributed by atoms with Crippen molar-refractivity contribution in [2.24, 2.45) is 5.92 Å². The molecular weight excluding hydrogens is 276 g/mol. The summed E-state index contributed by atoms with van der Waals surface area (Å²) in [6.07, 6.45) is 3.43. The Balaban J connectivity index is 2.16. The molecule has 0 saturated heterocycles. The molecule has 2 N–H and O–H groups in total. The van der Waals surface area contributed by atoms with Gasteiger partial charge < -0.3 is 10.1 Å². The molecule has 1 aromatic carbocycles. The van der Waals surface area contributed by atoms with Gasteiger partial charge in [0.25, 0.3) is 0 Å². The Morgan fingerprint density at radius 1 is 1.35 bits per heavy atom. The van der Waals surface area contributed by atoms with E-state index >= 15 is 0 Å². The van der Waals surface area contributed by atoms with E-state index in [1.807, 2.05) is 7.05 Å². The maximum atomic E-state index is 12.3. The molecule has 1 aliphatic rings. The van der Waals surface area contributed by atoms with Crippen molar-refractivity contribution in [1.82, 2.24) is 10.0 Å². The molecule has 2 rings (SSSR count). The SMILES string of the molecule is CNCc1ccc(S(=O)(=O)NCC2CCC2)c(OC)c1. The largest absolute Gasteiger partial charge is 0.495 e. The standard InChI is InChI=1S/C14H22N2O3S/c1-15-9-12-6-7-14(13(8-12)19-2)20(17,18)16-10-11-4-3-5-11/h6-8,11,15-16H,3-5,9-10H2,1-2H3. The summed E-state index contributed by atoms with van der Waals surface area (Å²) in [5.74, 6) is 0.873. The summed E-state index contributed by atoms with van der Waals surface area (Å²) in [5.41, 5.74) is 0.988. The smallest absolute Gasteiger partial charge is 0.244 e. The number of hydrogen-bond acceptors (Lipinski definition) is 4. The van der Waals surface area contributed by atoms with Crippen LogP contribution in [0.15, 0.2) is 23.1 Å². The summed E-state index contributed by atoms with van der Waals surface area (Å²) in [7, 11) is -0.167. The van der Waals surface area contributed by atoms with Crippen LogP contribution in [0.3, 0.4) is 0 Å². The molecule has 1 aromatic rings. The monoisotopic (exact) mass is 298 g/mol. The van der Waals surface area contributed by atoms with E-state index in [2.05, 4.69) is 10.0 Å². The fraction of sp³-hybridized carbons (Fsp3) is 0.571. The molecule has 0 bridgehead atoms. The lowest BCUT2D eigenvalue weighted by atomic mass is 9.86.